The summed E-state index contributed by atoms with van der Waals surface area (Å²) in [5.41, 5.74) is 6.29. The van der Waals surface area contributed by atoms with Crippen LogP contribution in [0, 0.1) is 0 Å². The summed E-state index contributed by atoms with van der Waals surface area (Å²) >= 11 is 11.8. The van der Waals surface area contributed by atoms with E-state index in [1.54, 1.807) is 12.1 Å². The van der Waals surface area contributed by atoms with Gasteiger partial charge in [-0.15, -0.1) is 0 Å². The molecule has 0 bridgehead atoms. The maximum Gasteiger partial charge on any atom is 0.345 e. The smallest absolute Gasteiger partial charge is 0.345 e. The maximum atomic E-state index is 11.6. The minimum Gasteiger partial charge on any atom is -0.465 e. The molecule has 0 saturated heterocycles. The molecule has 0 aliphatic carbocycles. The van der Waals surface area contributed by atoms with Gasteiger partial charge in [0.05, 0.1) is 12.1 Å². The van der Waals surface area contributed by atoms with Crippen LogP contribution >= 0.6 is 23.2 Å². The summed E-state index contributed by atoms with van der Waals surface area (Å²) in [5, 5.41) is 4.52. The molecule has 0 saturated carbocycles. The Balaban J connectivity index is 2.61. The second-order valence-electron chi connectivity index (χ2n) is 3.39. The van der Waals surface area contributed by atoms with E-state index in [0.29, 0.717) is 15.6 Å². The lowest BCUT2D eigenvalue weighted by atomic mass is 10.1. The number of aromatic nitrogens is 1. The minimum atomic E-state index is -0.644. The first-order valence-electron chi connectivity index (χ1n) is 4.83. The summed E-state index contributed by atoms with van der Waals surface area (Å²) in [5.74, 6) is -0.766. The van der Waals surface area contributed by atoms with E-state index < -0.39 is 5.97 Å². The number of rotatable bonds is 2. The Kier molecular flexibility index (Phi) is 3.45. The van der Waals surface area contributed by atoms with Crippen LogP contribution in [-0.4, -0.2) is 18.2 Å². The number of hydrogen-bond donors (Lipinski definition) is 1. The van der Waals surface area contributed by atoms with E-state index in [4.69, 9.17) is 33.5 Å². The summed E-state index contributed by atoms with van der Waals surface area (Å²) in [7, 11) is 1.24. The van der Waals surface area contributed by atoms with E-state index in [-0.39, 0.29) is 17.1 Å². The van der Waals surface area contributed by atoms with Crippen molar-refractivity contribution in [1.82, 2.24) is 5.16 Å². The fourth-order valence-corrected chi connectivity index (χ4v) is 1.97. The second-order valence-corrected chi connectivity index (χ2v) is 4.23. The van der Waals surface area contributed by atoms with E-state index in [1.165, 1.54) is 13.2 Å². The van der Waals surface area contributed by atoms with Gasteiger partial charge in [-0.25, -0.2) is 4.79 Å². The summed E-state index contributed by atoms with van der Waals surface area (Å²) in [6.45, 7) is 0. The maximum absolute atomic E-state index is 11.6. The average Bonchev–Trinajstić information content (AvgIpc) is 2.70. The first kappa shape index (κ1) is 12.7. The molecule has 0 atom stereocenters. The molecule has 5 nitrogen and oxygen atoms in total. The van der Waals surface area contributed by atoms with Crippen LogP contribution in [-0.2, 0) is 4.74 Å². The Hall–Kier alpha value is -1.72. The van der Waals surface area contributed by atoms with Crippen molar-refractivity contribution in [3.63, 3.8) is 0 Å². The van der Waals surface area contributed by atoms with Gasteiger partial charge in [0.1, 0.15) is 5.69 Å². The lowest BCUT2D eigenvalue weighted by molar-refractivity contribution is 0.0602. The van der Waals surface area contributed by atoms with Gasteiger partial charge in [0.15, 0.2) is 5.56 Å². The average molecular weight is 287 g/mol. The van der Waals surface area contributed by atoms with E-state index in [9.17, 15) is 4.79 Å². The molecule has 18 heavy (non-hydrogen) atoms. The first-order valence-corrected chi connectivity index (χ1v) is 5.59. The number of halogens is 2. The van der Waals surface area contributed by atoms with E-state index in [1.807, 2.05) is 0 Å². The lowest BCUT2D eigenvalue weighted by Gasteiger charge is -2.03. The van der Waals surface area contributed by atoms with Crippen LogP contribution in [0.15, 0.2) is 22.7 Å². The van der Waals surface area contributed by atoms with Crippen molar-refractivity contribution in [1.29, 1.82) is 0 Å². The Labute approximate surface area is 112 Å². The fourth-order valence-electron chi connectivity index (χ4n) is 1.47. The highest BCUT2D eigenvalue weighted by Gasteiger charge is 2.24. The van der Waals surface area contributed by atoms with E-state index >= 15 is 0 Å². The van der Waals surface area contributed by atoms with Crippen molar-refractivity contribution in [3.05, 3.63) is 33.8 Å². The van der Waals surface area contributed by atoms with Crippen LogP contribution in [0.3, 0.4) is 0 Å². The normalized spacial score (nSPS) is 10.4. The second kappa shape index (κ2) is 4.88. The number of benzene rings is 1. The van der Waals surface area contributed by atoms with Gasteiger partial charge in [-0.05, 0) is 18.2 Å². The molecular formula is C11H8Cl2N2O3. The van der Waals surface area contributed by atoms with Crippen molar-refractivity contribution in [2.24, 2.45) is 0 Å². The molecule has 0 fully saturated rings. The topological polar surface area (TPSA) is 78.3 Å². The van der Waals surface area contributed by atoms with Crippen LogP contribution in [0.2, 0.25) is 10.0 Å². The molecule has 0 radical (unpaired) electrons. The van der Waals surface area contributed by atoms with Gasteiger partial charge in [0, 0.05) is 10.6 Å². The monoisotopic (exact) mass is 286 g/mol. The number of esters is 1. The van der Waals surface area contributed by atoms with Crippen molar-refractivity contribution in [3.8, 4) is 11.3 Å². The zero-order chi connectivity index (χ0) is 13.3. The molecule has 0 unspecified atom stereocenters. The Morgan fingerprint density at radius 3 is 2.78 bits per heavy atom. The van der Waals surface area contributed by atoms with Crippen LogP contribution in [0.1, 0.15) is 10.4 Å². The first-order chi connectivity index (χ1) is 8.54. The number of carbonyl (C=O) groups is 1. The molecule has 0 aliphatic heterocycles. The van der Waals surface area contributed by atoms with Gasteiger partial charge in [-0.2, -0.15) is 0 Å². The molecule has 1 heterocycles. The third-order valence-electron chi connectivity index (χ3n) is 2.29. The van der Waals surface area contributed by atoms with E-state index in [2.05, 4.69) is 9.89 Å². The summed E-state index contributed by atoms with van der Waals surface area (Å²) < 4.78 is 9.41. The highest BCUT2D eigenvalue weighted by molar-refractivity contribution is 6.36. The Bertz CT molecular complexity index is 610. The van der Waals surface area contributed by atoms with Crippen molar-refractivity contribution < 1.29 is 14.1 Å². The van der Waals surface area contributed by atoms with Gasteiger partial charge >= 0.3 is 5.97 Å². The molecule has 1 aromatic carbocycles. The predicted octanol–water partition coefficient (Wildman–Crippen LogP) is 3.02. The molecule has 0 spiro atoms. The highest BCUT2D eigenvalue weighted by Crippen LogP contribution is 2.34. The molecular weight excluding hydrogens is 279 g/mol. The van der Waals surface area contributed by atoms with Crippen LogP contribution < -0.4 is 5.73 Å². The van der Waals surface area contributed by atoms with Crippen LogP contribution in [0.4, 0.5) is 5.88 Å². The van der Waals surface area contributed by atoms with Crippen molar-refractivity contribution >= 4 is 35.1 Å². The minimum absolute atomic E-state index is 0.0433. The molecule has 0 amide bonds. The zero-order valence-electron chi connectivity index (χ0n) is 9.24. The third-order valence-corrected chi connectivity index (χ3v) is 2.84. The van der Waals surface area contributed by atoms with Crippen molar-refractivity contribution in [2.75, 3.05) is 12.8 Å². The fraction of sp³-hybridized carbons (Fsp3) is 0.0909. The van der Waals surface area contributed by atoms with E-state index in [0.717, 1.165) is 0 Å². The lowest BCUT2D eigenvalue weighted by Crippen LogP contribution is -2.05. The molecule has 7 heteroatoms. The van der Waals surface area contributed by atoms with Gasteiger partial charge in [-0.3, -0.25) is 0 Å². The number of ether oxygens (including phenoxy) is 1. The number of hydrogen-bond acceptors (Lipinski definition) is 5. The summed E-state index contributed by atoms with van der Waals surface area (Å²) in [6, 6.07) is 4.77. The van der Waals surface area contributed by atoms with Crippen LogP contribution in [0.25, 0.3) is 11.3 Å². The number of nitrogens with two attached hydrogens (primary N) is 1. The molecule has 94 valence electrons. The third kappa shape index (κ3) is 2.14. The molecule has 2 N–H and O–H groups in total. The Morgan fingerprint density at radius 1 is 1.44 bits per heavy atom. The molecule has 2 aromatic rings. The van der Waals surface area contributed by atoms with Gasteiger partial charge in [0.2, 0.25) is 5.88 Å². The summed E-state index contributed by atoms with van der Waals surface area (Å²) in [6.07, 6.45) is 0. The SMILES string of the molecule is COC(=O)c1c(-c2ccc(Cl)cc2Cl)noc1N. The standard InChI is InChI=1S/C11H8Cl2N2O3/c1-17-11(16)8-9(15-18-10(8)14)6-3-2-5(12)4-7(6)13/h2-4H,14H2,1H3. The number of anilines is 1. The highest BCUT2D eigenvalue weighted by atomic mass is 35.5. The number of nitrogen functional groups attached to an aromatic ring is 1. The van der Waals surface area contributed by atoms with Gasteiger partial charge in [-0.1, -0.05) is 28.4 Å². The number of nitrogens with zero attached hydrogens (tertiary/aromatic N) is 1. The van der Waals surface area contributed by atoms with Crippen molar-refractivity contribution in [2.45, 2.75) is 0 Å². The quantitative estimate of drug-likeness (QED) is 0.859. The molecule has 2 rings (SSSR count). The largest absolute Gasteiger partial charge is 0.465 e. The number of carbonyl (C=O) groups excluding carboxylic acids is 1. The predicted molar refractivity (Wildman–Crippen MR) is 67.7 cm³/mol. The van der Waals surface area contributed by atoms with Crippen LogP contribution in [0.5, 0.6) is 0 Å². The number of methoxy groups -OCH3 is 1. The van der Waals surface area contributed by atoms with Gasteiger partial charge < -0.3 is 15.0 Å². The molecule has 0 aliphatic rings. The zero-order valence-corrected chi connectivity index (χ0v) is 10.7. The summed E-state index contributed by atoms with van der Waals surface area (Å²) in [4.78, 5) is 11.6. The molecule has 1 aromatic heterocycles. The van der Waals surface area contributed by atoms with Gasteiger partial charge in [0.25, 0.3) is 0 Å². The Morgan fingerprint density at radius 2 is 2.17 bits per heavy atom.